The molecule has 50 valence electrons. The minimum atomic E-state index is 0.451. The fraction of sp³-hybridized carbons (Fsp3) is 1.00. The third kappa shape index (κ3) is 0.389. The molecule has 3 aliphatic rings. The van der Waals surface area contributed by atoms with Crippen molar-refractivity contribution in [3.05, 3.63) is 0 Å². The number of hydrogen-bond acceptors (Lipinski definition) is 1. The summed E-state index contributed by atoms with van der Waals surface area (Å²) in [6, 6.07) is 0. The molecular formula is C8H12O. The van der Waals surface area contributed by atoms with E-state index in [-0.39, 0.29) is 0 Å². The lowest BCUT2D eigenvalue weighted by Crippen LogP contribution is -2.17. The molecule has 3 rings (SSSR count). The maximum Gasteiger partial charge on any atom is 0.0972 e. The van der Waals surface area contributed by atoms with Crippen LogP contribution in [0.2, 0.25) is 0 Å². The molecule has 3 fully saturated rings. The molecule has 0 radical (unpaired) electrons. The SMILES string of the molecule is C1CC2(CC2)C2(C1)CO2. The average molecular weight is 124 g/mol. The van der Waals surface area contributed by atoms with Crippen molar-refractivity contribution in [2.75, 3.05) is 6.61 Å². The highest BCUT2D eigenvalue weighted by Gasteiger charge is 2.69. The second-order valence-corrected chi connectivity index (χ2v) is 3.92. The van der Waals surface area contributed by atoms with Gasteiger partial charge >= 0.3 is 0 Å². The van der Waals surface area contributed by atoms with Gasteiger partial charge < -0.3 is 4.74 Å². The van der Waals surface area contributed by atoms with Gasteiger partial charge in [-0.3, -0.25) is 0 Å². The van der Waals surface area contributed by atoms with Crippen LogP contribution < -0.4 is 0 Å². The summed E-state index contributed by atoms with van der Waals surface area (Å²) >= 11 is 0. The van der Waals surface area contributed by atoms with E-state index in [0.29, 0.717) is 5.60 Å². The molecule has 1 saturated heterocycles. The molecular weight excluding hydrogens is 112 g/mol. The summed E-state index contributed by atoms with van der Waals surface area (Å²) in [7, 11) is 0. The minimum absolute atomic E-state index is 0.451. The number of hydrogen-bond donors (Lipinski definition) is 0. The lowest BCUT2D eigenvalue weighted by atomic mass is 9.94. The minimum Gasteiger partial charge on any atom is -0.369 e. The Morgan fingerprint density at radius 2 is 1.78 bits per heavy atom. The van der Waals surface area contributed by atoms with Gasteiger partial charge in [0.05, 0.1) is 12.2 Å². The molecule has 0 N–H and O–H groups in total. The second-order valence-electron chi connectivity index (χ2n) is 3.92. The molecule has 2 aliphatic carbocycles. The highest BCUT2D eigenvalue weighted by molar-refractivity contribution is 5.18. The van der Waals surface area contributed by atoms with Crippen LogP contribution in [0, 0.1) is 5.41 Å². The summed E-state index contributed by atoms with van der Waals surface area (Å²) in [5.74, 6) is 0. The molecule has 0 aromatic rings. The molecule has 0 bridgehead atoms. The first-order chi connectivity index (χ1) is 4.37. The zero-order valence-corrected chi connectivity index (χ0v) is 5.65. The van der Waals surface area contributed by atoms with Crippen molar-refractivity contribution in [3.63, 3.8) is 0 Å². The van der Waals surface area contributed by atoms with Gasteiger partial charge in [0.25, 0.3) is 0 Å². The normalized spacial score (nSPS) is 50.7. The van der Waals surface area contributed by atoms with Crippen molar-refractivity contribution in [2.45, 2.75) is 37.7 Å². The number of rotatable bonds is 0. The molecule has 1 aliphatic heterocycles. The molecule has 1 heterocycles. The second kappa shape index (κ2) is 1.07. The van der Waals surface area contributed by atoms with E-state index in [4.69, 9.17) is 4.74 Å². The van der Waals surface area contributed by atoms with Gasteiger partial charge in [0, 0.05) is 5.41 Å². The van der Waals surface area contributed by atoms with Crippen molar-refractivity contribution in [1.29, 1.82) is 0 Å². The molecule has 2 saturated carbocycles. The number of epoxide rings is 1. The summed E-state index contributed by atoms with van der Waals surface area (Å²) in [5, 5.41) is 0. The Morgan fingerprint density at radius 3 is 2.22 bits per heavy atom. The van der Waals surface area contributed by atoms with Crippen molar-refractivity contribution in [2.24, 2.45) is 5.41 Å². The highest BCUT2D eigenvalue weighted by atomic mass is 16.6. The van der Waals surface area contributed by atoms with Crippen LogP contribution in [0.3, 0.4) is 0 Å². The topological polar surface area (TPSA) is 12.5 Å². The van der Waals surface area contributed by atoms with Gasteiger partial charge in [-0.25, -0.2) is 0 Å². The van der Waals surface area contributed by atoms with Crippen LogP contribution in [0.4, 0.5) is 0 Å². The zero-order chi connectivity index (χ0) is 5.95. The monoisotopic (exact) mass is 124 g/mol. The first-order valence-electron chi connectivity index (χ1n) is 4.01. The van der Waals surface area contributed by atoms with Crippen LogP contribution in [0.25, 0.3) is 0 Å². The third-order valence-corrected chi connectivity index (χ3v) is 3.55. The first kappa shape index (κ1) is 4.73. The van der Waals surface area contributed by atoms with Crippen molar-refractivity contribution in [1.82, 2.24) is 0 Å². The smallest absolute Gasteiger partial charge is 0.0972 e. The molecule has 1 atom stereocenters. The molecule has 1 unspecified atom stereocenters. The van der Waals surface area contributed by atoms with E-state index in [0.717, 1.165) is 12.0 Å². The molecule has 1 heteroatoms. The molecule has 0 aromatic heterocycles. The lowest BCUT2D eigenvalue weighted by Gasteiger charge is -2.10. The molecule has 0 amide bonds. The van der Waals surface area contributed by atoms with Crippen LogP contribution in [0.5, 0.6) is 0 Å². The average Bonchev–Trinajstić information content (AvgIpc) is 2.51. The van der Waals surface area contributed by atoms with Crippen LogP contribution in [-0.4, -0.2) is 12.2 Å². The predicted octanol–water partition coefficient (Wildman–Crippen LogP) is 1.72. The number of fused-ring (bicyclic) bond motifs is 1. The van der Waals surface area contributed by atoms with Crippen LogP contribution in [0.15, 0.2) is 0 Å². The van der Waals surface area contributed by atoms with Crippen LogP contribution >= 0.6 is 0 Å². The summed E-state index contributed by atoms with van der Waals surface area (Å²) in [6.45, 7) is 1.09. The van der Waals surface area contributed by atoms with E-state index in [1.165, 1.54) is 32.1 Å². The Hall–Kier alpha value is -0.0400. The van der Waals surface area contributed by atoms with E-state index < -0.39 is 0 Å². The van der Waals surface area contributed by atoms with Crippen molar-refractivity contribution < 1.29 is 4.74 Å². The third-order valence-electron chi connectivity index (χ3n) is 3.55. The van der Waals surface area contributed by atoms with Crippen molar-refractivity contribution >= 4 is 0 Å². The van der Waals surface area contributed by atoms with Gasteiger partial charge in [-0.2, -0.15) is 0 Å². The van der Waals surface area contributed by atoms with Crippen molar-refractivity contribution in [3.8, 4) is 0 Å². The highest BCUT2D eigenvalue weighted by Crippen LogP contribution is 2.69. The van der Waals surface area contributed by atoms with Crippen LogP contribution in [0.1, 0.15) is 32.1 Å². The maximum absolute atomic E-state index is 5.53. The van der Waals surface area contributed by atoms with E-state index >= 15 is 0 Å². The van der Waals surface area contributed by atoms with Gasteiger partial charge in [0.2, 0.25) is 0 Å². The predicted molar refractivity (Wildman–Crippen MR) is 34.2 cm³/mol. The van der Waals surface area contributed by atoms with Gasteiger partial charge in [-0.05, 0) is 32.1 Å². The largest absolute Gasteiger partial charge is 0.369 e. The Bertz CT molecular complexity index is 136. The summed E-state index contributed by atoms with van der Waals surface area (Å²) in [5.41, 5.74) is 1.18. The summed E-state index contributed by atoms with van der Waals surface area (Å²) in [6.07, 6.45) is 7.19. The summed E-state index contributed by atoms with van der Waals surface area (Å²) < 4.78 is 5.53. The molecule has 1 nitrogen and oxygen atoms in total. The van der Waals surface area contributed by atoms with Gasteiger partial charge in [-0.1, -0.05) is 0 Å². The van der Waals surface area contributed by atoms with Gasteiger partial charge in [0.1, 0.15) is 0 Å². The van der Waals surface area contributed by atoms with E-state index in [1.807, 2.05) is 0 Å². The van der Waals surface area contributed by atoms with E-state index in [1.54, 1.807) is 0 Å². The molecule has 2 spiro atoms. The Labute approximate surface area is 55.4 Å². The Morgan fingerprint density at radius 1 is 1.00 bits per heavy atom. The van der Waals surface area contributed by atoms with E-state index in [2.05, 4.69) is 0 Å². The lowest BCUT2D eigenvalue weighted by molar-refractivity contribution is 0.231. The van der Waals surface area contributed by atoms with E-state index in [9.17, 15) is 0 Å². The zero-order valence-electron chi connectivity index (χ0n) is 5.65. The number of ether oxygens (including phenoxy) is 1. The molecule has 0 aromatic carbocycles. The van der Waals surface area contributed by atoms with Gasteiger partial charge in [0.15, 0.2) is 0 Å². The summed E-state index contributed by atoms with van der Waals surface area (Å²) in [4.78, 5) is 0. The fourth-order valence-electron chi connectivity index (χ4n) is 2.60. The Kier molecular flexibility index (Phi) is 0.563. The molecule has 9 heavy (non-hydrogen) atoms. The standard InChI is InChI=1S/C8H12O/c1-2-7(4-5-7)8(3-1)6-9-8/h1-6H2. The maximum atomic E-state index is 5.53. The van der Waals surface area contributed by atoms with Gasteiger partial charge in [-0.15, -0.1) is 0 Å². The van der Waals surface area contributed by atoms with Crippen LogP contribution in [-0.2, 0) is 4.74 Å². The first-order valence-corrected chi connectivity index (χ1v) is 4.01. The fourth-order valence-corrected chi connectivity index (χ4v) is 2.60. The quantitative estimate of drug-likeness (QED) is 0.448. The Balaban J connectivity index is 2.00.